The summed E-state index contributed by atoms with van der Waals surface area (Å²) < 4.78 is 5.34. The second-order valence-corrected chi connectivity index (χ2v) is 4.81. The molecule has 0 unspecified atom stereocenters. The summed E-state index contributed by atoms with van der Waals surface area (Å²) in [6.07, 6.45) is -0.801. The summed E-state index contributed by atoms with van der Waals surface area (Å²) in [4.78, 5) is 47.5. The molecule has 0 bridgehead atoms. The fraction of sp³-hybridized carbons (Fsp3) is 0.375. The van der Waals surface area contributed by atoms with Gasteiger partial charge in [0.25, 0.3) is 0 Å². The van der Waals surface area contributed by atoms with Gasteiger partial charge >= 0.3 is 0 Å². The molecule has 0 saturated heterocycles. The van der Waals surface area contributed by atoms with Crippen LogP contribution >= 0.6 is 0 Å². The zero-order chi connectivity index (χ0) is 16.7. The van der Waals surface area contributed by atoms with Crippen LogP contribution in [0.5, 0.6) is 5.75 Å². The summed E-state index contributed by atoms with van der Waals surface area (Å²) in [5, 5.41) is 0. The maximum atomic E-state index is 12.2. The molecule has 2 amide bonds. The van der Waals surface area contributed by atoms with Crippen molar-refractivity contribution in [3.63, 3.8) is 0 Å². The lowest BCUT2D eigenvalue weighted by Gasteiger charge is -2.20. The van der Waals surface area contributed by atoms with E-state index in [-0.39, 0.29) is 17.3 Å². The van der Waals surface area contributed by atoms with Gasteiger partial charge in [0.1, 0.15) is 17.3 Å². The summed E-state index contributed by atoms with van der Waals surface area (Å²) >= 11 is 0. The Bertz CT molecular complexity index is 566. The molecular weight excluding hydrogens is 286 g/mol. The lowest BCUT2D eigenvalue weighted by molar-refractivity contribution is -0.130. The number of rotatable bonds is 7. The Hall–Kier alpha value is -2.50. The smallest absolute Gasteiger partial charge is 0.241 e. The molecule has 118 valence electrons. The van der Waals surface area contributed by atoms with Gasteiger partial charge in [0.15, 0.2) is 0 Å². The number of nitrogens with zero attached hydrogens (tertiary/aromatic N) is 1. The number of carbonyl (C=O) groups excluding carboxylic acids is 4. The quantitative estimate of drug-likeness (QED) is 0.719. The monoisotopic (exact) mass is 305 g/mol. The normalized spacial score (nSPS) is 9.95. The Morgan fingerprint density at radius 2 is 1.55 bits per heavy atom. The van der Waals surface area contributed by atoms with Crippen LogP contribution in [0.15, 0.2) is 24.3 Å². The topological polar surface area (TPSA) is 80.8 Å². The van der Waals surface area contributed by atoms with E-state index in [2.05, 4.69) is 0 Å². The van der Waals surface area contributed by atoms with Crippen molar-refractivity contribution in [3.05, 3.63) is 24.3 Å². The number of hydrogen-bond donors (Lipinski definition) is 0. The molecule has 0 spiro atoms. The van der Waals surface area contributed by atoms with Crippen LogP contribution in [0.3, 0.4) is 0 Å². The molecule has 0 saturated carbocycles. The number of ketones is 2. The Kier molecular flexibility index (Phi) is 6.44. The number of ether oxygens (including phenoxy) is 1. The van der Waals surface area contributed by atoms with Gasteiger partial charge in [0.2, 0.25) is 11.8 Å². The highest BCUT2D eigenvalue weighted by Crippen LogP contribution is 2.23. The summed E-state index contributed by atoms with van der Waals surface area (Å²) in [5.41, 5.74) is 0.281. The molecule has 1 aromatic carbocycles. The number of imide groups is 1. The third-order valence-corrected chi connectivity index (χ3v) is 2.69. The van der Waals surface area contributed by atoms with Crippen molar-refractivity contribution in [2.75, 3.05) is 11.5 Å². The van der Waals surface area contributed by atoms with Crippen molar-refractivity contribution >= 4 is 29.1 Å². The zero-order valence-electron chi connectivity index (χ0n) is 12.9. The SMILES string of the molecule is CCOc1cccc(N(C(=O)CC(C)=O)C(=O)CC(C)=O)c1. The minimum atomic E-state index is -0.660. The van der Waals surface area contributed by atoms with Gasteiger partial charge in [-0.2, -0.15) is 0 Å². The largest absolute Gasteiger partial charge is 0.494 e. The van der Waals surface area contributed by atoms with E-state index < -0.39 is 24.7 Å². The summed E-state index contributed by atoms with van der Waals surface area (Å²) in [6.45, 7) is 4.78. The van der Waals surface area contributed by atoms with Gasteiger partial charge < -0.3 is 4.74 Å². The van der Waals surface area contributed by atoms with Gasteiger partial charge in [-0.15, -0.1) is 0 Å². The van der Waals surface area contributed by atoms with Crippen LogP contribution in [0.2, 0.25) is 0 Å². The fourth-order valence-electron chi connectivity index (χ4n) is 1.89. The Morgan fingerprint density at radius 3 is 2.00 bits per heavy atom. The van der Waals surface area contributed by atoms with Crippen LogP contribution in [-0.2, 0) is 19.2 Å². The molecule has 6 nitrogen and oxygen atoms in total. The first-order valence-electron chi connectivity index (χ1n) is 6.92. The second-order valence-electron chi connectivity index (χ2n) is 4.81. The van der Waals surface area contributed by atoms with E-state index in [9.17, 15) is 19.2 Å². The lowest BCUT2D eigenvalue weighted by atomic mass is 10.2. The number of amides is 2. The summed E-state index contributed by atoms with van der Waals surface area (Å²) in [5.74, 6) is -1.53. The highest BCUT2D eigenvalue weighted by molar-refractivity contribution is 6.21. The molecule has 0 atom stereocenters. The molecular formula is C16H19NO5. The molecule has 1 rings (SSSR count). The van der Waals surface area contributed by atoms with Crippen molar-refractivity contribution in [1.82, 2.24) is 0 Å². The van der Waals surface area contributed by atoms with Crippen molar-refractivity contribution in [2.24, 2.45) is 0 Å². The third-order valence-electron chi connectivity index (χ3n) is 2.69. The van der Waals surface area contributed by atoms with Gasteiger partial charge in [0, 0.05) is 6.07 Å². The fourth-order valence-corrected chi connectivity index (χ4v) is 1.89. The minimum Gasteiger partial charge on any atom is -0.494 e. The van der Waals surface area contributed by atoms with Crippen LogP contribution < -0.4 is 9.64 Å². The van der Waals surface area contributed by atoms with E-state index in [4.69, 9.17) is 4.74 Å². The predicted molar refractivity (Wildman–Crippen MR) is 80.7 cm³/mol. The molecule has 22 heavy (non-hydrogen) atoms. The van der Waals surface area contributed by atoms with E-state index in [0.717, 1.165) is 4.90 Å². The number of carbonyl (C=O) groups is 4. The predicted octanol–water partition coefficient (Wildman–Crippen LogP) is 1.90. The van der Waals surface area contributed by atoms with E-state index in [0.29, 0.717) is 12.4 Å². The molecule has 6 heteroatoms. The van der Waals surface area contributed by atoms with Gasteiger partial charge in [-0.05, 0) is 32.9 Å². The first-order chi connectivity index (χ1) is 10.3. The number of anilines is 1. The number of Topliss-reactive ketones (excluding diaryl/α,β-unsaturated/α-hetero) is 2. The summed E-state index contributed by atoms with van der Waals surface area (Å²) in [7, 11) is 0. The first-order valence-corrected chi connectivity index (χ1v) is 6.92. The molecule has 1 aromatic rings. The van der Waals surface area contributed by atoms with E-state index in [1.807, 2.05) is 6.92 Å². The van der Waals surface area contributed by atoms with Crippen molar-refractivity contribution in [1.29, 1.82) is 0 Å². The van der Waals surface area contributed by atoms with Crippen LogP contribution in [0.4, 0.5) is 5.69 Å². The van der Waals surface area contributed by atoms with Crippen LogP contribution in [-0.4, -0.2) is 30.0 Å². The maximum Gasteiger partial charge on any atom is 0.241 e. The molecule has 0 aliphatic heterocycles. The molecule has 0 N–H and O–H groups in total. The van der Waals surface area contributed by atoms with Crippen molar-refractivity contribution in [3.8, 4) is 5.75 Å². The Morgan fingerprint density at radius 1 is 1.00 bits per heavy atom. The van der Waals surface area contributed by atoms with Gasteiger partial charge in [-0.25, -0.2) is 4.90 Å². The summed E-state index contributed by atoms with van der Waals surface area (Å²) in [6, 6.07) is 6.41. The lowest BCUT2D eigenvalue weighted by Crippen LogP contribution is -2.38. The van der Waals surface area contributed by atoms with Crippen LogP contribution in [0.25, 0.3) is 0 Å². The highest BCUT2D eigenvalue weighted by atomic mass is 16.5. The minimum absolute atomic E-state index is 0.281. The van der Waals surface area contributed by atoms with E-state index in [1.54, 1.807) is 18.2 Å². The second kappa shape index (κ2) is 8.07. The Labute approximate surface area is 129 Å². The average Bonchev–Trinajstić information content (AvgIpc) is 2.37. The Balaban J connectivity index is 3.15. The van der Waals surface area contributed by atoms with Crippen molar-refractivity contribution in [2.45, 2.75) is 33.6 Å². The molecule has 0 fully saturated rings. The third kappa shape index (κ3) is 5.12. The van der Waals surface area contributed by atoms with E-state index in [1.165, 1.54) is 19.9 Å². The standard InChI is InChI=1S/C16H19NO5/c1-4-22-14-7-5-6-13(10-14)17(15(20)8-11(2)18)16(21)9-12(3)19/h5-7,10H,4,8-9H2,1-3H3. The van der Waals surface area contributed by atoms with Gasteiger partial charge in [0.05, 0.1) is 25.1 Å². The molecule has 0 heterocycles. The molecule has 0 aliphatic carbocycles. The number of benzene rings is 1. The highest BCUT2D eigenvalue weighted by Gasteiger charge is 2.25. The zero-order valence-corrected chi connectivity index (χ0v) is 12.9. The first kappa shape index (κ1) is 17.6. The van der Waals surface area contributed by atoms with Crippen LogP contribution in [0.1, 0.15) is 33.6 Å². The van der Waals surface area contributed by atoms with Crippen molar-refractivity contribution < 1.29 is 23.9 Å². The maximum absolute atomic E-state index is 12.2. The molecule has 0 radical (unpaired) electrons. The van der Waals surface area contributed by atoms with Gasteiger partial charge in [-0.1, -0.05) is 6.07 Å². The average molecular weight is 305 g/mol. The van der Waals surface area contributed by atoms with E-state index >= 15 is 0 Å². The molecule has 0 aromatic heterocycles. The number of hydrogen-bond acceptors (Lipinski definition) is 5. The van der Waals surface area contributed by atoms with Gasteiger partial charge in [-0.3, -0.25) is 19.2 Å². The van der Waals surface area contributed by atoms with Crippen LogP contribution in [0, 0.1) is 0 Å². The molecule has 0 aliphatic rings.